The molecule has 4 aromatic carbocycles. The van der Waals surface area contributed by atoms with Gasteiger partial charge in [-0.2, -0.15) is 0 Å². The van der Waals surface area contributed by atoms with Crippen molar-refractivity contribution in [1.29, 1.82) is 0 Å². The Hall–Kier alpha value is -2.42. The van der Waals surface area contributed by atoms with E-state index in [1.165, 1.54) is 33.4 Å². The molecule has 28 heavy (non-hydrogen) atoms. The molecule has 0 atom stereocenters. The predicted molar refractivity (Wildman–Crippen MR) is 126 cm³/mol. The molecule has 0 saturated carbocycles. The molecule has 2 heteroatoms. The Morgan fingerprint density at radius 2 is 0.643 bits per heavy atom. The quantitative estimate of drug-likeness (QED) is 0.253. The van der Waals surface area contributed by atoms with Crippen molar-refractivity contribution in [3.63, 3.8) is 0 Å². The first-order chi connectivity index (χ1) is 13.7. The minimum Gasteiger partial charge on any atom is -0.0622 e. The maximum absolute atomic E-state index is 3.56. The van der Waals surface area contributed by atoms with Crippen molar-refractivity contribution < 1.29 is 0 Å². The van der Waals surface area contributed by atoms with Crippen molar-refractivity contribution in [2.24, 2.45) is 0 Å². The molecule has 0 spiro atoms. The highest BCUT2D eigenvalue weighted by Crippen LogP contribution is 2.37. The summed E-state index contributed by atoms with van der Waals surface area (Å²) in [6.45, 7) is 0. The van der Waals surface area contributed by atoms with Crippen molar-refractivity contribution in [3.05, 3.63) is 140 Å². The Morgan fingerprint density at radius 3 is 0.964 bits per heavy atom. The molecule has 136 valence electrons. The van der Waals surface area contributed by atoms with Gasteiger partial charge in [-0.15, -0.1) is 0 Å². The van der Waals surface area contributed by atoms with Gasteiger partial charge in [0.05, 0.1) is 0 Å². The van der Waals surface area contributed by atoms with E-state index in [1.54, 1.807) is 0 Å². The van der Waals surface area contributed by atoms with Gasteiger partial charge in [-0.05, 0) is 57.7 Å². The lowest BCUT2D eigenvalue weighted by atomic mass is 9.86. The van der Waals surface area contributed by atoms with Crippen molar-refractivity contribution in [3.8, 4) is 0 Å². The molecule has 0 nitrogen and oxygen atoms in total. The number of hydrogen-bond acceptors (Lipinski definition) is 0. The fraction of sp³-hybridized carbons (Fsp3) is 0. The Labute approximate surface area is 182 Å². The third kappa shape index (κ3) is 4.19. The zero-order valence-electron chi connectivity index (χ0n) is 15.1. The minimum absolute atomic E-state index is 1.08. The predicted octanol–water partition coefficient (Wildman–Crippen LogP) is 8.22. The normalized spacial score (nSPS) is 10.5. The van der Waals surface area contributed by atoms with Crippen LogP contribution in [0.2, 0.25) is 0 Å². The Kier molecular flexibility index (Phi) is 5.90. The lowest BCUT2D eigenvalue weighted by molar-refractivity contribution is 1.49. The van der Waals surface area contributed by atoms with E-state index in [4.69, 9.17) is 0 Å². The first-order valence-corrected chi connectivity index (χ1v) is 10.7. The van der Waals surface area contributed by atoms with Crippen LogP contribution in [0.5, 0.6) is 0 Å². The monoisotopic (exact) mass is 488 g/mol. The molecule has 0 aromatic heterocycles. The summed E-state index contributed by atoms with van der Waals surface area (Å²) >= 11 is 7.13. The minimum atomic E-state index is 1.08. The molecular weight excluding hydrogens is 472 g/mol. The van der Waals surface area contributed by atoms with E-state index < -0.39 is 0 Å². The zero-order valence-corrected chi connectivity index (χ0v) is 18.3. The second-order valence-corrected chi connectivity index (χ2v) is 8.33. The molecule has 0 bridgehead atoms. The second-order valence-electron chi connectivity index (χ2n) is 6.50. The molecule has 0 unspecified atom stereocenters. The topological polar surface area (TPSA) is 0 Å². The van der Waals surface area contributed by atoms with Gasteiger partial charge in [0.15, 0.2) is 0 Å². The fourth-order valence-corrected chi connectivity index (χ4v) is 3.88. The van der Waals surface area contributed by atoms with Crippen molar-refractivity contribution >= 4 is 43.0 Å². The molecule has 0 heterocycles. The Morgan fingerprint density at radius 1 is 0.357 bits per heavy atom. The second kappa shape index (κ2) is 8.72. The average Bonchev–Trinajstić information content (AvgIpc) is 2.75. The Bertz CT molecular complexity index is 990. The van der Waals surface area contributed by atoms with Crippen LogP contribution in [-0.4, -0.2) is 0 Å². The van der Waals surface area contributed by atoms with Gasteiger partial charge in [0.25, 0.3) is 0 Å². The lowest BCUT2D eigenvalue weighted by Crippen LogP contribution is -1.97. The molecule has 0 N–H and O–H groups in total. The number of hydrogen-bond donors (Lipinski definition) is 0. The number of benzene rings is 4. The van der Waals surface area contributed by atoms with E-state index in [-0.39, 0.29) is 0 Å². The molecule has 0 fully saturated rings. The van der Waals surface area contributed by atoms with Crippen LogP contribution in [0.4, 0.5) is 0 Å². The fourth-order valence-electron chi connectivity index (χ4n) is 3.35. The first-order valence-electron chi connectivity index (χ1n) is 9.09. The largest absolute Gasteiger partial charge is 0.0622 e. The molecule has 4 rings (SSSR count). The Balaban J connectivity index is 2.08. The van der Waals surface area contributed by atoms with Crippen molar-refractivity contribution in [2.45, 2.75) is 0 Å². The van der Waals surface area contributed by atoms with Gasteiger partial charge in [0.2, 0.25) is 0 Å². The van der Waals surface area contributed by atoms with Crippen LogP contribution in [0.3, 0.4) is 0 Å². The molecule has 0 amide bonds. The molecule has 0 aliphatic carbocycles. The molecule has 0 aliphatic rings. The van der Waals surface area contributed by atoms with E-state index >= 15 is 0 Å². The van der Waals surface area contributed by atoms with Crippen LogP contribution in [0.15, 0.2) is 118 Å². The summed E-state index contributed by atoms with van der Waals surface area (Å²) in [6.07, 6.45) is 0. The van der Waals surface area contributed by atoms with Gasteiger partial charge in [-0.25, -0.2) is 0 Å². The lowest BCUT2D eigenvalue weighted by Gasteiger charge is -2.18. The molecule has 0 saturated heterocycles. The smallest absolute Gasteiger partial charge is 0.0175 e. The molecule has 0 aliphatic heterocycles. The van der Waals surface area contributed by atoms with Gasteiger partial charge in [-0.1, -0.05) is 117 Å². The van der Waals surface area contributed by atoms with Crippen LogP contribution in [0, 0.1) is 0 Å². The summed E-state index contributed by atoms with van der Waals surface area (Å²) in [5.74, 6) is 0. The van der Waals surface area contributed by atoms with Gasteiger partial charge in [0, 0.05) is 8.95 Å². The highest BCUT2D eigenvalue weighted by Gasteiger charge is 2.16. The van der Waals surface area contributed by atoms with Crippen LogP contribution in [-0.2, 0) is 0 Å². The third-order valence-corrected chi connectivity index (χ3v) is 5.70. The van der Waals surface area contributed by atoms with Crippen LogP contribution in [0.25, 0.3) is 11.1 Å². The van der Waals surface area contributed by atoms with Gasteiger partial charge in [0.1, 0.15) is 0 Å². The third-order valence-electron chi connectivity index (χ3n) is 4.64. The highest BCUT2D eigenvalue weighted by atomic mass is 79.9. The maximum atomic E-state index is 3.56. The zero-order chi connectivity index (χ0) is 19.3. The summed E-state index contributed by atoms with van der Waals surface area (Å²) in [7, 11) is 0. The van der Waals surface area contributed by atoms with Crippen molar-refractivity contribution in [1.82, 2.24) is 0 Å². The van der Waals surface area contributed by atoms with Gasteiger partial charge in [-0.3, -0.25) is 0 Å². The van der Waals surface area contributed by atoms with E-state index in [0.717, 1.165) is 8.95 Å². The van der Waals surface area contributed by atoms with Gasteiger partial charge < -0.3 is 0 Å². The van der Waals surface area contributed by atoms with Crippen LogP contribution >= 0.6 is 31.9 Å². The van der Waals surface area contributed by atoms with E-state index in [0.29, 0.717) is 0 Å². The van der Waals surface area contributed by atoms with E-state index in [2.05, 4.69) is 141 Å². The number of rotatable bonds is 4. The van der Waals surface area contributed by atoms with Crippen molar-refractivity contribution in [2.75, 3.05) is 0 Å². The highest BCUT2D eigenvalue weighted by molar-refractivity contribution is 9.10. The summed E-state index contributed by atoms with van der Waals surface area (Å²) in [6, 6.07) is 38.3. The summed E-state index contributed by atoms with van der Waals surface area (Å²) < 4.78 is 2.15. The van der Waals surface area contributed by atoms with E-state index in [1.807, 2.05) is 0 Å². The summed E-state index contributed by atoms with van der Waals surface area (Å²) in [4.78, 5) is 0. The molecular formula is C26H18Br2. The first kappa shape index (κ1) is 18.9. The summed E-state index contributed by atoms with van der Waals surface area (Å²) in [5, 5.41) is 0. The summed E-state index contributed by atoms with van der Waals surface area (Å²) in [5.41, 5.74) is 7.23. The van der Waals surface area contributed by atoms with Gasteiger partial charge >= 0.3 is 0 Å². The maximum Gasteiger partial charge on any atom is 0.0175 e. The SMILES string of the molecule is Brc1ccc(C(=C(c2ccccc2)c2ccccc2)c2ccc(Br)cc2)cc1. The van der Waals surface area contributed by atoms with Crippen LogP contribution < -0.4 is 0 Å². The average molecular weight is 490 g/mol. The van der Waals surface area contributed by atoms with Crippen LogP contribution in [0.1, 0.15) is 22.3 Å². The molecule has 4 aromatic rings. The van der Waals surface area contributed by atoms with E-state index in [9.17, 15) is 0 Å². The standard InChI is InChI=1S/C26H18Br2/c27-23-15-11-21(12-16-23)26(22-13-17-24(28)18-14-22)25(19-7-3-1-4-8-19)20-9-5-2-6-10-20/h1-18H. The number of halogens is 2. The molecule has 0 radical (unpaired) electrons.